The van der Waals surface area contributed by atoms with Gasteiger partial charge in [0, 0.05) is 4.47 Å². The average molecular weight is 283 g/mol. The van der Waals surface area contributed by atoms with Crippen molar-refractivity contribution in [3.63, 3.8) is 0 Å². The first kappa shape index (κ1) is 9.88. The van der Waals surface area contributed by atoms with Gasteiger partial charge in [-0.2, -0.15) is 5.12 Å². The molecule has 1 fully saturated rings. The van der Waals surface area contributed by atoms with Gasteiger partial charge in [0.2, 0.25) is 0 Å². The molecular weight excluding hydrogens is 272 g/mol. The molecule has 0 aliphatic carbocycles. The van der Waals surface area contributed by atoms with Gasteiger partial charge in [-0.1, -0.05) is 15.9 Å². The Hall–Kier alpha value is -1.31. The molecule has 3 aliphatic heterocycles. The van der Waals surface area contributed by atoms with Gasteiger partial charge < -0.3 is 11.5 Å². The summed E-state index contributed by atoms with van der Waals surface area (Å²) in [6.07, 6.45) is -0.136. The second kappa shape index (κ2) is 3.34. The lowest BCUT2D eigenvalue weighted by atomic mass is 10.2. The number of nitrogens with zero attached hydrogens (tertiary/aromatic N) is 3. The lowest BCUT2D eigenvalue weighted by Crippen LogP contribution is -2.72. The summed E-state index contributed by atoms with van der Waals surface area (Å²) in [6.45, 7) is 0. The Morgan fingerprint density at radius 3 is 2.50 bits per heavy atom. The summed E-state index contributed by atoms with van der Waals surface area (Å²) in [7, 11) is 0. The van der Waals surface area contributed by atoms with Crippen molar-refractivity contribution in [2.45, 2.75) is 12.2 Å². The van der Waals surface area contributed by atoms with E-state index in [1.807, 2.05) is 29.4 Å². The van der Waals surface area contributed by atoms with Crippen LogP contribution in [0.4, 0.5) is 5.69 Å². The molecule has 2 atom stereocenters. The zero-order valence-electron chi connectivity index (χ0n) is 8.34. The Balaban J connectivity index is 1.72. The number of anilines is 1. The molecule has 0 amide bonds. The molecule has 0 radical (unpaired) electrons. The number of hydrazone groups is 1. The van der Waals surface area contributed by atoms with Crippen molar-refractivity contribution >= 4 is 27.5 Å². The molecule has 0 aromatic heterocycles. The second-order valence-corrected chi connectivity index (χ2v) is 4.66. The molecule has 0 spiro atoms. The number of nitrogens with two attached hydrogens (primary N) is 2. The molecule has 84 valence electrons. The summed E-state index contributed by atoms with van der Waals surface area (Å²) in [5.41, 5.74) is 15.7. The normalized spacial score (nSPS) is 27.6. The first-order chi connectivity index (χ1) is 7.66. The number of benzene rings is 1. The summed E-state index contributed by atoms with van der Waals surface area (Å²) >= 11 is 3.38. The van der Waals surface area contributed by atoms with Crippen LogP contribution in [0.25, 0.3) is 0 Å². The highest BCUT2D eigenvalue weighted by Crippen LogP contribution is 2.30. The highest BCUT2D eigenvalue weighted by Gasteiger charge is 2.53. The molecule has 0 saturated carbocycles. The molecule has 1 aromatic carbocycles. The first-order valence-electron chi connectivity index (χ1n) is 4.87. The molecule has 3 aliphatic rings. The van der Waals surface area contributed by atoms with E-state index in [-0.39, 0.29) is 12.2 Å². The first-order valence-corrected chi connectivity index (χ1v) is 5.66. The number of rotatable bonds is 2. The standard InChI is InChI=1S/C9H11BrN6/c10-5-1-3-6(4-2-5)13-15-7-8(11)14-16(15)9(7)12/h1-4,7,9,13H,12H2,(H2,11,14). The third-order valence-electron chi connectivity index (χ3n) is 2.68. The molecule has 3 heterocycles. The molecule has 4 rings (SSSR count). The molecule has 5 N–H and O–H groups in total. The molecule has 2 unspecified atom stereocenters. The minimum absolute atomic E-state index is 0.0383. The van der Waals surface area contributed by atoms with Gasteiger partial charge in [0.25, 0.3) is 0 Å². The largest absolute Gasteiger partial charge is 0.384 e. The van der Waals surface area contributed by atoms with Crippen LogP contribution in [0.5, 0.6) is 0 Å². The summed E-state index contributed by atoms with van der Waals surface area (Å²) in [5.74, 6) is 0.553. The third-order valence-corrected chi connectivity index (χ3v) is 3.21. The summed E-state index contributed by atoms with van der Waals surface area (Å²) in [6, 6.07) is 7.81. The van der Waals surface area contributed by atoms with Crippen LogP contribution in [0.1, 0.15) is 0 Å². The number of hydrogen-bond donors (Lipinski definition) is 3. The van der Waals surface area contributed by atoms with Crippen LogP contribution in [-0.4, -0.2) is 28.3 Å². The van der Waals surface area contributed by atoms with Gasteiger partial charge >= 0.3 is 0 Å². The number of halogens is 1. The van der Waals surface area contributed by atoms with E-state index < -0.39 is 0 Å². The fourth-order valence-electron chi connectivity index (χ4n) is 1.84. The van der Waals surface area contributed by atoms with Gasteiger partial charge in [-0.05, 0) is 24.3 Å². The van der Waals surface area contributed by atoms with Gasteiger partial charge in [-0.15, -0.1) is 10.2 Å². The van der Waals surface area contributed by atoms with E-state index in [4.69, 9.17) is 11.5 Å². The third kappa shape index (κ3) is 1.29. The van der Waals surface area contributed by atoms with Crippen molar-refractivity contribution in [1.82, 2.24) is 10.2 Å². The van der Waals surface area contributed by atoms with E-state index in [0.717, 1.165) is 10.2 Å². The smallest absolute Gasteiger partial charge is 0.147 e. The van der Waals surface area contributed by atoms with Crippen LogP contribution in [0, 0.1) is 0 Å². The Bertz CT molecular complexity index is 444. The van der Waals surface area contributed by atoms with Crippen molar-refractivity contribution in [1.29, 1.82) is 0 Å². The van der Waals surface area contributed by atoms with E-state index in [1.165, 1.54) is 0 Å². The molecule has 1 aromatic rings. The molecule has 6 nitrogen and oxygen atoms in total. The summed E-state index contributed by atoms with van der Waals surface area (Å²) < 4.78 is 1.04. The SMILES string of the molecule is NC1=NN2C(N)C1N2Nc1ccc(Br)cc1. The zero-order valence-corrected chi connectivity index (χ0v) is 9.92. The Morgan fingerprint density at radius 1 is 1.31 bits per heavy atom. The van der Waals surface area contributed by atoms with Crippen molar-refractivity contribution < 1.29 is 0 Å². The highest BCUT2D eigenvalue weighted by atomic mass is 79.9. The number of hydrazine groups is 2. The van der Waals surface area contributed by atoms with Crippen molar-refractivity contribution in [2.24, 2.45) is 16.6 Å². The Labute approximate surface area is 101 Å². The maximum atomic E-state index is 5.83. The highest BCUT2D eigenvalue weighted by molar-refractivity contribution is 9.10. The van der Waals surface area contributed by atoms with Crippen LogP contribution in [-0.2, 0) is 0 Å². The van der Waals surface area contributed by atoms with Crippen LogP contribution in [0.2, 0.25) is 0 Å². The van der Waals surface area contributed by atoms with Crippen LogP contribution < -0.4 is 16.9 Å². The molecule has 1 saturated heterocycles. The molecule has 16 heavy (non-hydrogen) atoms. The topological polar surface area (TPSA) is 82.9 Å². The van der Waals surface area contributed by atoms with Gasteiger partial charge in [0.15, 0.2) is 0 Å². The van der Waals surface area contributed by atoms with E-state index in [2.05, 4.69) is 26.5 Å². The predicted molar refractivity (Wildman–Crippen MR) is 64.8 cm³/mol. The van der Waals surface area contributed by atoms with Crippen molar-refractivity contribution in [3.05, 3.63) is 28.7 Å². The zero-order chi connectivity index (χ0) is 11.3. The van der Waals surface area contributed by atoms with Crippen molar-refractivity contribution in [3.8, 4) is 0 Å². The summed E-state index contributed by atoms with van der Waals surface area (Å²) in [4.78, 5) is 0. The second-order valence-electron chi connectivity index (χ2n) is 3.74. The lowest BCUT2D eigenvalue weighted by molar-refractivity contribution is -0.143. The number of amidine groups is 1. The maximum absolute atomic E-state index is 5.83. The van der Waals surface area contributed by atoms with E-state index >= 15 is 0 Å². The molecule has 2 bridgehead atoms. The van der Waals surface area contributed by atoms with E-state index in [0.29, 0.717) is 5.84 Å². The fraction of sp³-hybridized carbons (Fsp3) is 0.222. The Kier molecular flexibility index (Phi) is 2.06. The number of nitrogens with one attached hydrogen (secondary N) is 1. The summed E-state index contributed by atoms with van der Waals surface area (Å²) in [5, 5.41) is 7.56. The molecular formula is C9H11BrN6. The predicted octanol–water partition coefficient (Wildman–Crippen LogP) is 0.248. The molecule has 7 heteroatoms. The van der Waals surface area contributed by atoms with Crippen LogP contribution in [0.3, 0.4) is 0 Å². The minimum Gasteiger partial charge on any atom is -0.384 e. The van der Waals surface area contributed by atoms with Gasteiger partial charge in [-0.3, -0.25) is 5.43 Å². The average Bonchev–Trinajstić information content (AvgIpc) is 2.74. The lowest BCUT2D eigenvalue weighted by Gasteiger charge is -2.46. The van der Waals surface area contributed by atoms with Crippen LogP contribution in [0.15, 0.2) is 33.8 Å². The van der Waals surface area contributed by atoms with Crippen molar-refractivity contribution in [2.75, 3.05) is 5.43 Å². The van der Waals surface area contributed by atoms with Gasteiger partial charge in [0.05, 0.1) is 5.69 Å². The van der Waals surface area contributed by atoms with Gasteiger partial charge in [-0.25, -0.2) is 0 Å². The Morgan fingerprint density at radius 2 is 2.00 bits per heavy atom. The van der Waals surface area contributed by atoms with Crippen LogP contribution >= 0.6 is 15.9 Å². The monoisotopic (exact) mass is 282 g/mol. The maximum Gasteiger partial charge on any atom is 0.147 e. The number of hydrogen-bond acceptors (Lipinski definition) is 6. The quantitative estimate of drug-likeness (QED) is 0.724. The van der Waals surface area contributed by atoms with E-state index in [1.54, 1.807) is 5.12 Å². The van der Waals surface area contributed by atoms with Gasteiger partial charge in [0.1, 0.15) is 18.0 Å². The fourth-order valence-corrected chi connectivity index (χ4v) is 2.11. The van der Waals surface area contributed by atoms with E-state index in [9.17, 15) is 0 Å². The minimum atomic E-state index is -0.136.